The molecular formula is C14H20N2O3S. The topological polar surface area (TPSA) is 67.4 Å². The molecule has 1 unspecified atom stereocenters. The highest BCUT2D eigenvalue weighted by molar-refractivity contribution is 7.89. The van der Waals surface area contributed by atoms with Gasteiger partial charge in [-0.3, -0.25) is 0 Å². The molecule has 6 heteroatoms. The molecule has 110 valence electrons. The minimum Gasteiger partial charge on any atom is -0.380 e. The highest BCUT2D eigenvalue weighted by Crippen LogP contribution is 2.22. The second-order valence-corrected chi connectivity index (χ2v) is 7.13. The Bertz CT molecular complexity index is 564. The van der Waals surface area contributed by atoms with Gasteiger partial charge in [-0.15, -0.1) is 0 Å². The summed E-state index contributed by atoms with van der Waals surface area (Å²) in [5.74, 6) is 0. The van der Waals surface area contributed by atoms with Crippen LogP contribution in [0.15, 0.2) is 29.2 Å². The molecule has 1 aliphatic heterocycles. The molecule has 3 rings (SSSR count). The molecule has 1 aliphatic carbocycles. The maximum Gasteiger partial charge on any atom is 0.241 e. The number of ether oxygens (including phenoxy) is 1. The van der Waals surface area contributed by atoms with Crippen molar-refractivity contribution < 1.29 is 13.2 Å². The number of benzene rings is 1. The van der Waals surface area contributed by atoms with Crippen LogP contribution >= 0.6 is 0 Å². The van der Waals surface area contributed by atoms with Crippen LogP contribution in [0.2, 0.25) is 0 Å². The average molecular weight is 296 g/mol. The Kier molecular flexibility index (Phi) is 4.07. The van der Waals surface area contributed by atoms with E-state index in [1.807, 2.05) is 12.1 Å². The lowest BCUT2D eigenvalue weighted by molar-refractivity contribution is 0.192. The van der Waals surface area contributed by atoms with E-state index < -0.39 is 10.0 Å². The lowest BCUT2D eigenvalue weighted by Gasteiger charge is -2.14. The van der Waals surface area contributed by atoms with Crippen LogP contribution in [0.1, 0.15) is 24.8 Å². The first-order chi connectivity index (χ1) is 9.65. The SMILES string of the molecule is O=S(=O)(NC1CCOC1)c1ccccc1CNC1CC1. The van der Waals surface area contributed by atoms with E-state index in [0.717, 1.165) is 12.0 Å². The number of nitrogens with one attached hydrogen (secondary N) is 2. The Hall–Kier alpha value is -0.950. The smallest absolute Gasteiger partial charge is 0.241 e. The van der Waals surface area contributed by atoms with Crippen LogP contribution in [0, 0.1) is 0 Å². The van der Waals surface area contributed by atoms with Crippen molar-refractivity contribution in [3.8, 4) is 0 Å². The van der Waals surface area contributed by atoms with E-state index >= 15 is 0 Å². The summed E-state index contributed by atoms with van der Waals surface area (Å²) in [5, 5.41) is 3.36. The summed E-state index contributed by atoms with van der Waals surface area (Å²) in [6.07, 6.45) is 3.11. The summed E-state index contributed by atoms with van der Waals surface area (Å²) in [7, 11) is -3.47. The zero-order chi connectivity index (χ0) is 14.0. The van der Waals surface area contributed by atoms with E-state index in [0.29, 0.717) is 30.7 Å². The number of hydrogen-bond donors (Lipinski definition) is 2. The Morgan fingerprint density at radius 2 is 1.95 bits per heavy atom. The van der Waals surface area contributed by atoms with Crippen molar-refractivity contribution in [1.82, 2.24) is 10.0 Å². The van der Waals surface area contributed by atoms with E-state index in [9.17, 15) is 8.42 Å². The fourth-order valence-electron chi connectivity index (χ4n) is 2.36. The summed E-state index contributed by atoms with van der Waals surface area (Å²) in [6.45, 7) is 1.68. The first-order valence-corrected chi connectivity index (χ1v) is 8.55. The largest absolute Gasteiger partial charge is 0.380 e. The Morgan fingerprint density at radius 3 is 2.65 bits per heavy atom. The van der Waals surface area contributed by atoms with E-state index in [1.54, 1.807) is 12.1 Å². The summed E-state index contributed by atoms with van der Waals surface area (Å²) >= 11 is 0. The Balaban J connectivity index is 1.76. The fraction of sp³-hybridized carbons (Fsp3) is 0.571. The molecule has 0 amide bonds. The number of sulfonamides is 1. The molecule has 0 bridgehead atoms. The van der Waals surface area contributed by atoms with Crippen molar-refractivity contribution in [3.63, 3.8) is 0 Å². The normalized spacial score (nSPS) is 23.1. The van der Waals surface area contributed by atoms with Gasteiger partial charge in [0.15, 0.2) is 0 Å². The van der Waals surface area contributed by atoms with Crippen LogP contribution in [0.4, 0.5) is 0 Å². The highest BCUT2D eigenvalue weighted by atomic mass is 32.2. The molecule has 0 spiro atoms. The predicted molar refractivity (Wildman–Crippen MR) is 75.8 cm³/mol. The summed E-state index contributed by atoms with van der Waals surface area (Å²) in [4.78, 5) is 0.375. The third kappa shape index (κ3) is 3.38. The summed E-state index contributed by atoms with van der Waals surface area (Å²) in [6, 6.07) is 7.63. The summed E-state index contributed by atoms with van der Waals surface area (Å²) in [5.41, 5.74) is 0.825. The van der Waals surface area contributed by atoms with Gasteiger partial charge < -0.3 is 10.1 Å². The first-order valence-electron chi connectivity index (χ1n) is 7.06. The second kappa shape index (κ2) is 5.81. The molecule has 2 aliphatic rings. The van der Waals surface area contributed by atoms with Gasteiger partial charge in [-0.2, -0.15) is 0 Å². The van der Waals surface area contributed by atoms with Gasteiger partial charge >= 0.3 is 0 Å². The molecule has 1 saturated heterocycles. The van der Waals surface area contributed by atoms with Gasteiger partial charge in [0.25, 0.3) is 0 Å². The van der Waals surface area contributed by atoms with Crippen molar-refractivity contribution in [2.45, 2.75) is 42.8 Å². The zero-order valence-corrected chi connectivity index (χ0v) is 12.2. The van der Waals surface area contributed by atoms with Crippen molar-refractivity contribution in [2.24, 2.45) is 0 Å². The van der Waals surface area contributed by atoms with Gasteiger partial charge in [0.05, 0.1) is 11.5 Å². The minimum absolute atomic E-state index is 0.107. The molecular weight excluding hydrogens is 276 g/mol. The first kappa shape index (κ1) is 14.0. The fourth-order valence-corrected chi connectivity index (χ4v) is 3.86. The monoisotopic (exact) mass is 296 g/mol. The molecule has 1 aromatic carbocycles. The second-order valence-electron chi connectivity index (χ2n) is 5.44. The molecule has 1 aromatic rings. The molecule has 2 fully saturated rings. The van der Waals surface area contributed by atoms with Gasteiger partial charge in [0.2, 0.25) is 10.0 Å². The van der Waals surface area contributed by atoms with Crippen LogP contribution in [0.5, 0.6) is 0 Å². The number of hydrogen-bond acceptors (Lipinski definition) is 4. The van der Waals surface area contributed by atoms with Crippen LogP contribution in [0.3, 0.4) is 0 Å². The molecule has 0 aromatic heterocycles. The van der Waals surface area contributed by atoms with Gasteiger partial charge in [-0.1, -0.05) is 18.2 Å². The average Bonchev–Trinajstić information content (AvgIpc) is 3.13. The van der Waals surface area contributed by atoms with E-state index in [4.69, 9.17) is 4.74 Å². The maximum atomic E-state index is 12.5. The van der Waals surface area contributed by atoms with E-state index in [2.05, 4.69) is 10.0 Å². The Labute approximate surface area is 119 Å². The quantitative estimate of drug-likeness (QED) is 0.822. The molecule has 0 radical (unpaired) electrons. The van der Waals surface area contributed by atoms with Crippen molar-refractivity contribution in [3.05, 3.63) is 29.8 Å². The standard InChI is InChI=1S/C14H20N2O3S/c17-20(18,16-13-7-8-19-10-13)14-4-2-1-3-11(14)9-15-12-5-6-12/h1-4,12-13,15-16H,5-10H2. The third-order valence-corrected chi connectivity index (χ3v) is 5.29. The molecule has 1 heterocycles. The van der Waals surface area contributed by atoms with Crippen LogP contribution in [0.25, 0.3) is 0 Å². The third-order valence-electron chi connectivity index (χ3n) is 3.67. The summed E-state index contributed by atoms with van der Waals surface area (Å²) < 4.78 is 32.9. The van der Waals surface area contributed by atoms with Crippen LogP contribution < -0.4 is 10.0 Å². The van der Waals surface area contributed by atoms with Gasteiger partial charge in [0, 0.05) is 25.2 Å². The van der Waals surface area contributed by atoms with Gasteiger partial charge in [-0.25, -0.2) is 13.1 Å². The minimum atomic E-state index is -3.47. The predicted octanol–water partition coefficient (Wildman–Crippen LogP) is 1.01. The molecule has 1 atom stereocenters. The molecule has 20 heavy (non-hydrogen) atoms. The zero-order valence-electron chi connectivity index (χ0n) is 11.3. The van der Waals surface area contributed by atoms with Crippen molar-refractivity contribution in [2.75, 3.05) is 13.2 Å². The van der Waals surface area contributed by atoms with E-state index in [-0.39, 0.29) is 6.04 Å². The molecule has 2 N–H and O–H groups in total. The van der Waals surface area contributed by atoms with Gasteiger partial charge in [0.1, 0.15) is 0 Å². The van der Waals surface area contributed by atoms with Gasteiger partial charge in [-0.05, 0) is 30.9 Å². The van der Waals surface area contributed by atoms with Crippen LogP contribution in [-0.2, 0) is 21.3 Å². The maximum absolute atomic E-state index is 12.5. The molecule has 1 saturated carbocycles. The van der Waals surface area contributed by atoms with Crippen molar-refractivity contribution >= 4 is 10.0 Å². The lowest BCUT2D eigenvalue weighted by atomic mass is 10.2. The number of rotatable bonds is 6. The molecule has 5 nitrogen and oxygen atoms in total. The lowest BCUT2D eigenvalue weighted by Crippen LogP contribution is -2.35. The van der Waals surface area contributed by atoms with E-state index in [1.165, 1.54) is 12.8 Å². The van der Waals surface area contributed by atoms with Crippen molar-refractivity contribution in [1.29, 1.82) is 0 Å². The van der Waals surface area contributed by atoms with Crippen LogP contribution in [-0.4, -0.2) is 33.7 Å². The Morgan fingerprint density at radius 1 is 1.15 bits per heavy atom. The highest BCUT2D eigenvalue weighted by Gasteiger charge is 2.26.